The Morgan fingerprint density at radius 2 is 0.494 bits per heavy atom. The summed E-state index contributed by atoms with van der Waals surface area (Å²) in [6.45, 7) is 6.20. The molecule has 0 aromatic heterocycles. The van der Waals surface area contributed by atoms with Crippen LogP contribution in [-0.4, -0.2) is 37.2 Å². The highest BCUT2D eigenvalue weighted by Crippen LogP contribution is 2.15. The molecule has 0 heterocycles. The van der Waals surface area contributed by atoms with Gasteiger partial charge < -0.3 is 14.2 Å². The van der Waals surface area contributed by atoms with Gasteiger partial charge in [-0.15, -0.1) is 0 Å². The van der Waals surface area contributed by atoms with Crippen molar-refractivity contribution in [2.24, 2.45) is 0 Å². The van der Waals surface area contributed by atoms with Gasteiger partial charge in [0.15, 0.2) is 6.10 Å². The molecule has 0 N–H and O–H groups in total. The highest BCUT2D eigenvalue weighted by atomic mass is 16.6. The van der Waals surface area contributed by atoms with Crippen LogP contribution >= 0.6 is 0 Å². The number of carbonyl (C=O) groups is 3. The second-order valence-electron chi connectivity index (χ2n) is 20.9. The third kappa shape index (κ3) is 65.5. The van der Waals surface area contributed by atoms with Crippen molar-refractivity contribution in [3.05, 3.63) is 170 Å². The smallest absolute Gasteiger partial charge is 0.309 e. The van der Waals surface area contributed by atoms with Crippen LogP contribution < -0.4 is 0 Å². The summed E-state index contributed by atoms with van der Waals surface area (Å²) in [5.74, 6) is -1.07. The molecule has 0 bridgehead atoms. The highest BCUT2D eigenvalue weighted by Gasteiger charge is 2.19. The molecular weight excluding hydrogens is 997 g/mol. The van der Waals surface area contributed by atoms with Crippen LogP contribution in [0.4, 0.5) is 0 Å². The maximum absolute atomic E-state index is 12.9. The minimum atomic E-state index is -0.834. The zero-order chi connectivity index (χ0) is 58.5. The van der Waals surface area contributed by atoms with E-state index < -0.39 is 12.1 Å². The Hall–Kier alpha value is -5.23. The summed E-state index contributed by atoms with van der Waals surface area (Å²) < 4.78 is 16.8. The number of hydrogen-bond acceptors (Lipinski definition) is 6. The fourth-order valence-electron chi connectivity index (χ4n) is 8.48. The van der Waals surface area contributed by atoms with Crippen LogP contribution in [-0.2, 0) is 28.6 Å². The Bertz CT molecular complexity index is 1860. The van der Waals surface area contributed by atoms with Gasteiger partial charge >= 0.3 is 17.9 Å². The van der Waals surface area contributed by atoms with Gasteiger partial charge in [0.2, 0.25) is 0 Å². The summed E-state index contributed by atoms with van der Waals surface area (Å²) in [6, 6.07) is 0. The standard InChI is InChI=1S/C75H118O6/c1-4-7-10-13-16-19-22-25-28-30-32-34-36-37-39-40-42-44-47-50-53-56-59-62-65-68-74(77)80-71-72(70-79-73(76)67-64-61-58-55-52-49-46-27-24-21-18-15-12-9-6-3)81-75(78)69-66-63-60-57-54-51-48-45-43-41-38-35-33-31-29-26-23-20-17-14-11-8-5-2/h7-12,16-21,25-29,32-35,37,39,46,52,55,61,64,72H,4-6,13-15,22-24,30-31,36,38,40-45,47-51,53-54,56-60,62-63,65-71H2,1-3H3/b10-7-,11-8-,12-9-,19-16-,20-17-,21-18-,28-25-,29-26-,34-32-,35-33-,39-37-,46-27-,55-52-,64-61-. The minimum absolute atomic E-state index is 0.118. The summed E-state index contributed by atoms with van der Waals surface area (Å²) in [6.07, 6.45) is 99.5. The average molecular weight is 1120 g/mol. The zero-order valence-corrected chi connectivity index (χ0v) is 52.0. The predicted octanol–water partition coefficient (Wildman–Crippen LogP) is 22.7. The van der Waals surface area contributed by atoms with Crippen molar-refractivity contribution in [3.63, 3.8) is 0 Å². The van der Waals surface area contributed by atoms with Crippen molar-refractivity contribution in [3.8, 4) is 0 Å². The second-order valence-corrected chi connectivity index (χ2v) is 20.9. The van der Waals surface area contributed by atoms with E-state index in [-0.39, 0.29) is 31.6 Å². The van der Waals surface area contributed by atoms with Crippen molar-refractivity contribution in [1.82, 2.24) is 0 Å². The largest absolute Gasteiger partial charge is 0.462 e. The highest BCUT2D eigenvalue weighted by molar-refractivity contribution is 5.72. The Labute approximate surface area is 498 Å². The van der Waals surface area contributed by atoms with Crippen LogP contribution in [0.5, 0.6) is 0 Å². The monoisotopic (exact) mass is 1110 g/mol. The first-order valence-corrected chi connectivity index (χ1v) is 32.6. The number of hydrogen-bond donors (Lipinski definition) is 0. The Morgan fingerprint density at radius 3 is 0.802 bits per heavy atom. The molecule has 0 aliphatic rings. The van der Waals surface area contributed by atoms with Gasteiger partial charge in [0.1, 0.15) is 13.2 Å². The van der Waals surface area contributed by atoms with Gasteiger partial charge in [-0.25, -0.2) is 0 Å². The van der Waals surface area contributed by atoms with Crippen LogP contribution in [0.25, 0.3) is 0 Å². The van der Waals surface area contributed by atoms with Crippen LogP contribution in [0.15, 0.2) is 170 Å². The number of allylic oxidation sites excluding steroid dienone is 27. The molecule has 0 aromatic carbocycles. The van der Waals surface area contributed by atoms with Crippen LogP contribution in [0.3, 0.4) is 0 Å². The van der Waals surface area contributed by atoms with Gasteiger partial charge in [-0.2, -0.15) is 0 Å². The minimum Gasteiger partial charge on any atom is -0.462 e. The second kappa shape index (κ2) is 67.3. The topological polar surface area (TPSA) is 78.9 Å². The van der Waals surface area contributed by atoms with Crippen molar-refractivity contribution >= 4 is 17.9 Å². The van der Waals surface area contributed by atoms with E-state index in [1.165, 1.54) is 89.9 Å². The molecule has 454 valence electrons. The third-order valence-corrected chi connectivity index (χ3v) is 13.2. The van der Waals surface area contributed by atoms with Gasteiger partial charge in [-0.1, -0.05) is 287 Å². The molecule has 6 heteroatoms. The number of rotatable bonds is 57. The number of esters is 3. The number of unbranched alkanes of at least 4 members (excludes halogenated alkanes) is 19. The van der Waals surface area contributed by atoms with Crippen LogP contribution in [0, 0.1) is 0 Å². The lowest BCUT2D eigenvalue weighted by Crippen LogP contribution is -2.30. The van der Waals surface area contributed by atoms with Gasteiger partial charge in [-0.3, -0.25) is 14.4 Å². The first kappa shape index (κ1) is 75.8. The summed E-state index contributed by atoms with van der Waals surface area (Å²) in [5, 5.41) is 0. The Kier molecular flexibility index (Phi) is 62.9. The van der Waals surface area contributed by atoms with Gasteiger partial charge in [0, 0.05) is 12.8 Å². The number of ether oxygens (including phenoxy) is 3. The normalized spacial score (nSPS) is 13.3. The SMILES string of the molecule is CC/C=C\C/C=C\C/C=C\C/C=C\C/C=C\CCCCCCCCCCCC(=O)OCC(COC(=O)C/C=C\C/C=C\C/C=C\C/C=C\C/C=C\CC)OC(=O)CCCCCCCCCCCC/C=C\C/C=C\C/C=C\C/C=C\CC. The molecule has 0 amide bonds. The Morgan fingerprint density at radius 1 is 0.259 bits per heavy atom. The van der Waals surface area contributed by atoms with Crippen LogP contribution in [0.2, 0.25) is 0 Å². The van der Waals surface area contributed by atoms with E-state index in [1.807, 2.05) is 6.08 Å². The van der Waals surface area contributed by atoms with Gasteiger partial charge in [0.25, 0.3) is 0 Å². The van der Waals surface area contributed by atoms with E-state index in [0.717, 1.165) is 135 Å². The summed E-state index contributed by atoms with van der Waals surface area (Å²) in [4.78, 5) is 38.3. The molecule has 81 heavy (non-hydrogen) atoms. The molecule has 0 saturated heterocycles. The van der Waals surface area contributed by atoms with Crippen molar-refractivity contribution in [2.45, 2.75) is 271 Å². The first-order valence-electron chi connectivity index (χ1n) is 32.6. The fourth-order valence-corrected chi connectivity index (χ4v) is 8.48. The fraction of sp³-hybridized carbons (Fsp3) is 0.587. The molecule has 0 spiro atoms. The van der Waals surface area contributed by atoms with Gasteiger partial charge in [0.05, 0.1) is 6.42 Å². The summed E-state index contributed by atoms with van der Waals surface area (Å²) in [5.41, 5.74) is 0. The first-order chi connectivity index (χ1) is 40.0. The molecule has 1 atom stereocenters. The number of carbonyl (C=O) groups excluding carboxylic acids is 3. The average Bonchev–Trinajstić information content (AvgIpc) is 3.47. The lowest BCUT2D eigenvalue weighted by molar-refractivity contribution is -0.166. The molecule has 0 saturated carbocycles. The third-order valence-electron chi connectivity index (χ3n) is 13.2. The molecule has 6 nitrogen and oxygen atoms in total. The van der Waals surface area contributed by atoms with Crippen molar-refractivity contribution in [2.75, 3.05) is 13.2 Å². The lowest BCUT2D eigenvalue weighted by atomic mass is 10.0. The van der Waals surface area contributed by atoms with Crippen molar-refractivity contribution < 1.29 is 28.6 Å². The quantitative estimate of drug-likeness (QED) is 0.0261. The van der Waals surface area contributed by atoms with E-state index in [4.69, 9.17) is 14.2 Å². The maximum atomic E-state index is 12.9. The van der Waals surface area contributed by atoms with E-state index in [1.54, 1.807) is 6.08 Å². The molecule has 0 aliphatic carbocycles. The molecule has 1 unspecified atom stereocenters. The molecule has 0 aliphatic heterocycles. The molecule has 0 rings (SSSR count). The summed E-state index contributed by atoms with van der Waals surface area (Å²) in [7, 11) is 0. The van der Waals surface area contributed by atoms with E-state index >= 15 is 0 Å². The van der Waals surface area contributed by atoms with Crippen molar-refractivity contribution in [1.29, 1.82) is 0 Å². The summed E-state index contributed by atoms with van der Waals surface area (Å²) >= 11 is 0. The zero-order valence-electron chi connectivity index (χ0n) is 52.0. The molecule has 0 aromatic rings. The predicted molar refractivity (Wildman–Crippen MR) is 352 cm³/mol. The van der Waals surface area contributed by atoms with Crippen LogP contribution in [0.1, 0.15) is 265 Å². The van der Waals surface area contributed by atoms with E-state index in [2.05, 4.69) is 179 Å². The molecule has 0 fully saturated rings. The van der Waals surface area contributed by atoms with Gasteiger partial charge in [-0.05, 0) is 128 Å². The molecule has 0 radical (unpaired) electrons. The molecular formula is C75H118O6. The Balaban J connectivity index is 4.46. The lowest BCUT2D eigenvalue weighted by Gasteiger charge is -2.18. The van der Waals surface area contributed by atoms with E-state index in [0.29, 0.717) is 12.8 Å². The van der Waals surface area contributed by atoms with E-state index in [9.17, 15) is 14.4 Å². The maximum Gasteiger partial charge on any atom is 0.309 e.